The molecule has 5 heteroatoms. The van der Waals surface area contributed by atoms with Crippen molar-refractivity contribution in [3.8, 4) is 0 Å². The Hall–Kier alpha value is -1.10. The Balaban J connectivity index is 2.55. The molecule has 1 aliphatic rings. The van der Waals surface area contributed by atoms with Crippen molar-refractivity contribution >= 4 is 11.9 Å². The number of carboxylic acids is 1. The predicted octanol–water partition coefficient (Wildman–Crippen LogP) is 0.413. The molecule has 0 unspecified atom stereocenters. The van der Waals surface area contributed by atoms with E-state index in [1.54, 1.807) is 0 Å². The van der Waals surface area contributed by atoms with Gasteiger partial charge in [-0.3, -0.25) is 9.59 Å². The summed E-state index contributed by atoms with van der Waals surface area (Å²) in [4.78, 5) is 22.4. The Morgan fingerprint density at radius 1 is 1.20 bits per heavy atom. The Morgan fingerprint density at radius 3 is 2.33 bits per heavy atom. The molecule has 15 heavy (non-hydrogen) atoms. The molecule has 1 fully saturated rings. The fraction of sp³-hybridized carbons (Fsp3) is 0.800. The van der Waals surface area contributed by atoms with Gasteiger partial charge < -0.3 is 14.9 Å². The highest BCUT2D eigenvalue weighted by atomic mass is 16.5. The van der Waals surface area contributed by atoms with E-state index in [0.29, 0.717) is 12.8 Å². The molecule has 0 aromatic rings. The lowest BCUT2D eigenvalue weighted by Gasteiger charge is -2.26. The van der Waals surface area contributed by atoms with E-state index in [9.17, 15) is 9.59 Å². The summed E-state index contributed by atoms with van der Waals surface area (Å²) < 4.78 is 4.76. The number of hydrogen-bond acceptors (Lipinski definition) is 4. The summed E-state index contributed by atoms with van der Waals surface area (Å²) in [6, 6.07) is 0. The first-order valence-electron chi connectivity index (χ1n) is 5.17. The fourth-order valence-electron chi connectivity index (χ4n) is 1.96. The van der Waals surface area contributed by atoms with Gasteiger partial charge in [-0.05, 0) is 12.8 Å². The minimum Gasteiger partial charge on any atom is -0.481 e. The molecule has 0 heterocycles. The van der Waals surface area contributed by atoms with Crippen LogP contribution in [-0.4, -0.2) is 35.4 Å². The van der Waals surface area contributed by atoms with Crippen LogP contribution < -0.4 is 0 Å². The van der Waals surface area contributed by atoms with Gasteiger partial charge in [-0.1, -0.05) is 12.8 Å². The fourth-order valence-corrected chi connectivity index (χ4v) is 1.96. The van der Waals surface area contributed by atoms with Crippen LogP contribution in [0, 0.1) is 11.8 Å². The second-order valence-corrected chi connectivity index (χ2v) is 3.73. The molecule has 0 bridgehead atoms. The van der Waals surface area contributed by atoms with E-state index < -0.39 is 23.8 Å². The number of hydrogen-bond donors (Lipinski definition) is 2. The Kier molecular flexibility index (Phi) is 4.55. The number of aliphatic hydroxyl groups is 1. The average Bonchev–Trinajstić information content (AvgIpc) is 2.25. The first-order valence-corrected chi connectivity index (χ1v) is 5.17. The zero-order valence-electron chi connectivity index (χ0n) is 8.52. The molecule has 0 aliphatic heterocycles. The second-order valence-electron chi connectivity index (χ2n) is 3.73. The van der Waals surface area contributed by atoms with Crippen LogP contribution in [0.1, 0.15) is 25.7 Å². The number of esters is 1. The molecule has 1 rings (SSSR count). The standard InChI is InChI=1S/C10H16O5/c11-5-6-15-10(14)8-4-2-1-3-7(8)9(12)13/h7-8,11H,1-6H2,(H,12,13)/t7-,8+/m0/s1. The van der Waals surface area contributed by atoms with Gasteiger partial charge in [0.15, 0.2) is 0 Å². The lowest BCUT2D eigenvalue weighted by atomic mass is 9.79. The lowest BCUT2D eigenvalue weighted by Crippen LogP contribution is -2.34. The predicted molar refractivity (Wildman–Crippen MR) is 51.1 cm³/mol. The minimum atomic E-state index is -0.930. The van der Waals surface area contributed by atoms with E-state index in [2.05, 4.69) is 0 Å². The molecule has 0 radical (unpaired) electrons. The number of rotatable bonds is 4. The molecule has 2 N–H and O–H groups in total. The lowest BCUT2D eigenvalue weighted by molar-refractivity contribution is -0.160. The van der Waals surface area contributed by atoms with Crippen molar-refractivity contribution in [2.45, 2.75) is 25.7 Å². The van der Waals surface area contributed by atoms with Crippen LogP contribution >= 0.6 is 0 Å². The molecular formula is C10H16O5. The topological polar surface area (TPSA) is 83.8 Å². The minimum absolute atomic E-state index is 0.0539. The van der Waals surface area contributed by atoms with Crippen molar-refractivity contribution in [2.24, 2.45) is 11.8 Å². The molecular weight excluding hydrogens is 200 g/mol. The maximum atomic E-state index is 11.5. The van der Waals surface area contributed by atoms with E-state index in [-0.39, 0.29) is 13.2 Å². The van der Waals surface area contributed by atoms with Crippen LogP contribution in [0.5, 0.6) is 0 Å². The number of carbonyl (C=O) groups excluding carboxylic acids is 1. The molecule has 0 amide bonds. The van der Waals surface area contributed by atoms with Crippen LogP contribution in [0.15, 0.2) is 0 Å². The van der Waals surface area contributed by atoms with Gasteiger partial charge in [-0.15, -0.1) is 0 Å². The quantitative estimate of drug-likeness (QED) is 0.665. The van der Waals surface area contributed by atoms with Crippen molar-refractivity contribution in [3.05, 3.63) is 0 Å². The van der Waals surface area contributed by atoms with Gasteiger partial charge in [0.1, 0.15) is 6.61 Å². The number of aliphatic hydroxyl groups excluding tert-OH is 1. The van der Waals surface area contributed by atoms with Crippen LogP contribution in [-0.2, 0) is 14.3 Å². The van der Waals surface area contributed by atoms with E-state index in [1.165, 1.54) is 0 Å². The summed E-state index contributed by atoms with van der Waals surface area (Å²) in [5, 5.41) is 17.4. The molecule has 0 aromatic carbocycles. The van der Waals surface area contributed by atoms with E-state index in [0.717, 1.165) is 12.8 Å². The van der Waals surface area contributed by atoms with Crippen LogP contribution in [0.3, 0.4) is 0 Å². The summed E-state index contributed by atoms with van der Waals surface area (Å²) >= 11 is 0. The largest absolute Gasteiger partial charge is 0.481 e. The van der Waals surface area contributed by atoms with Crippen LogP contribution in [0.2, 0.25) is 0 Å². The molecule has 2 atom stereocenters. The van der Waals surface area contributed by atoms with Crippen molar-refractivity contribution in [1.82, 2.24) is 0 Å². The Morgan fingerprint density at radius 2 is 1.80 bits per heavy atom. The average molecular weight is 216 g/mol. The molecule has 1 saturated carbocycles. The maximum Gasteiger partial charge on any atom is 0.309 e. The van der Waals surface area contributed by atoms with Crippen molar-refractivity contribution < 1.29 is 24.5 Å². The summed E-state index contributed by atoms with van der Waals surface area (Å²) in [6.45, 7) is -0.280. The SMILES string of the molecule is O=C(O)[C@H]1CCCC[C@H]1C(=O)OCCO. The van der Waals surface area contributed by atoms with Gasteiger partial charge in [-0.25, -0.2) is 0 Å². The highest BCUT2D eigenvalue weighted by Gasteiger charge is 2.36. The number of carbonyl (C=O) groups is 2. The van der Waals surface area contributed by atoms with Gasteiger partial charge in [-0.2, -0.15) is 0 Å². The number of carboxylic acid groups (broad SMARTS) is 1. The molecule has 86 valence electrons. The highest BCUT2D eigenvalue weighted by molar-refractivity contribution is 5.81. The third-order valence-corrected chi connectivity index (χ3v) is 2.72. The van der Waals surface area contributed by atoms with E-state index >= 15 is 0 Å². The molecule has 5 nitrogen and oxygen atoms in total. The van der Waals surface area contributed by atoms with Gasteiger partial charge >= 0.3 is 11.9 Å². The van der Waals surface area contributed by atoms with E-state index in [1.807, 2.05) is 0 Å². The van der Waals surface area contributed by atoms with Crippen LogP contribution in [0.4, 0.5) is 0 Å². The van der Waals surface area contributed by atoms with Crippen molar-refractivity contribution in [1.29, 1.82) is 0 Å². The monoisotopic (exact) mass is 216 g/mol. The number of ether oxygens (including phenoxy) is 1. The zero-order chi connectivity index (χ0) is 11.3. The molecule has 1 aliphatic carbocycles. The Labute approximate surface area is 88.0 Å². The highest BCUT2D eigenvalue weighted by Crippen LogP contribution is 2.31. The normalized spacial score (nSPS) is 25.9. The summed E-state index contributed by atoms with van der Waals surface area (Å²) in [5.41, 5.74) is 0. The third-order valence-electron chi connectivity index (χ3n) is 2.72. The molecule has 0 aromatic heterocycles. The summed E-state index contributed by atoms with van der Waals surface area (Å²) in [6.07, 6.45) is 2.82. The van der Waals surface area contributed by atoms with Crippen LogP contribution in [0.25, 0.3) is 0 Å². The number of aliphatic carboxylic acids is 1. The maximum absolute atomic E-state index is 11.5. The van der Waals surface area contributed by atoms with E-state index in [4.69, 9.17) is 14.9 Å². The molecule has 0 spiro atoms. The van der Waals surface area contributed by atoms with Gasteiger partial charge in [0.05, 0.1) is 18.4 Å². The third kappa shape index (κ3) is 3.20. The second kappa shape index (κ2) is 5.70. The smallest absolute Gasteiger partial charge is 0.309 e. The van der Waals surface area contributed by atoms with Gasteiger partial charge in [0.2, 0.25) is 0 Å². The van der Waals surface area contributed by atoms with Crippen molar-refractivity contribution in [2.75, 3.05) is 13.2 Å². The zero-order valence-corrected chi connectivity index (χ0v) is 8.52. The first kappa shape index (κ1) is 12.0. The summed E-state index contributed by atoms with van der Waals surface area (Å²) in [7, 11) is 0. The molecule has 0 saturated heterocycles. The van der Waals surface area contributed by atoms with Gasteiger partial charge in [0.25, 0.3) is 0 Å². The van der Waals surface area contributed by atoms with Crippen molar-refractivity contribution in [3.63, 3.8) is 0 Å². The van der Waals surface area contributed by atoms with Gasteiger partial charge in [0, 0.05) is 0 Å². The summed E-state index contributed by atoms with van der Waals surface area (Å²) in [5.74, 6) is -2.58. The Bertz CT molecular complexity index is 238. The first-order chi connectivity index (χ1) is 7.16.